The summed E-state index contributed by atoms with van der Waals surface area (Å²) in [5, 5.41) is 9.91. The molecule has 3 rings (SSSR count). The highest BCUT2D eigenvalue weighted by Crippen LogP contribution is 2.30. The summed E-state index contributed by atoms with van der Waals surface area (Å²) in [4.78, 5) is 22.0. The van der Waals surface area contributed by atoms with Gasteiger partial charge in [0.2, 0.25) is 0 Å². The fourth-order valence-electron chi connectivity index (χ4n) is 3.32. The first kappa shape index (κ1) is 20.8. The van der Waals surface area contributed by atoms with Gasteiger partial charge in [0.25, 0.3) is 0 Å². The lowest BCUT2D eigenvalue weighted by Crippen LogP contribution is -2.29. The van der Waals surface area contributed by atoms with E-state index in [-0.39, 0.29) is 6.54 Å². The van der Waals surface area contributed by atoms with Gasteiger partial charge in [0.1, 0.15) is 10.4 Å². The van der Waals surface area contributed by atoms with Gasteiger partial charge in [0, 0.05) is 29.2 Å². The van der Waals surface area contributed by atoms with E-state index in [0.717, 1.165) is 38.2 Å². The Labute approximate surface area is 178 Å². The number of ether oxygens (including phenoxy) is 1. The van der Waals surface area contributed by atoms with Crippen molar-refractivity contribution >= 4 is 27.7 Å². The van der Waals surface area contributed by atoms with Gasteiger partial charge in [-0.1, -0.05) is 6.07 Å². The minimum Gasteiger partial charge on any atom is -0.496 e. The van der Waals surface area contributed by atoms with Crippen LogP contribution in [0.1, 0.15) is 22.4 Å². The average molecular weight is 456 g/mol. The van der Waals surface area contributed by atoms with Gasteiger partial charge in [-0.2, -0.15) is 0 Å². The Kier molecular flexibility index (Phi) is 6.17. The molecule has 29 heavy (non-hydrogen) atoms. The minimum atomic E-state index is -1.04. The molecule has 0 saturated heterocycles. The zero-order valence-electron chi connectivity index (χ0n) is 16.7. The molecule has 2 heterocycles. The van der Waals surface area contributed by atoms with Crippen LogP contribution in [0.2, 0.25) is 0 Å². The quantitative estimate of drug-likeness (QED) is 0.512. The monoisotopic (exact) mass is 455 g/mol. The highest BCUT2D eigenvalue weighted by atomic mass is 79.9. The van der Waals surface area contributed by atoms with Crippen molar-refractivity contribution in [2.24, 2.45) is 0 Å². The van der Waals surface area contributed by atoms with Gasteiger partial charge in [-0.15, -0.1) is 0 Å². The number of hydrogen-bond donors (Lipinski definition) is 1. The number of methoxy groups -OCH3 is 1. The van der Waals surface area contributed by atoms with E-state index in [1.54, 1.807) is 19.5 Å². The molecule has 7 heteroatoms. The van der Waals surface area contributed by atoms with E-state index in [1.807, 2.05) is 51.1 Å². The molecule has 2 aromatic heterocycles. The van der Waals surface area contributed by atoms with E-state index >= 15 is 0 Å². The van der Waals surface area contributed by atoms with Crippen molar-refractivity contribution in [1.29, 1.82) is 0 Å². The van der Waals surface area contributed by atoms with Crippen LogP contribution in [-0.4, -0.2) is 28.3 Å². The molecule has 150 valence electrons. The van der Waals surface area contributed by atoms with Gasteiger partial charge in [-0.25, -0.2) is 9.78 Å². The maximum atomic E-state index is 12.1. The fraction of sp³-hybridized carbons (Fsp3) is 0.227. The summed E-state index contributed by atoms with van der Waals surface area (Å²) in [6.45, 7) is 5.88. The second-order valence-electron chi connectivity index (χ2n) is 6.84. The standard InChI is InChI=1S/C22H22BrN3O3/c1-13-7-17(16-5-6-24-20(23)10-16)9-18(8-13)26(22(27)28)12-19-15(3)21(29-4)14(2)11-25-19/h5-11H,12H2,1-4H3,(H,27,28). The summed E-state index contributed by atoms with van der Waals surface area (Å²) in [6, 6.07) is 9.53. The van der Waals surface area contributed by atoms with E-state index in [9.17, 15) is 9.90 Å². The number of hydrogen-bond acceptors (Lipinski definition) is 4. The number of anilines is 1. The van der Waals surface area contributed by atoms with Crippen LogP contribution in [0.15, 0.2) is 47.3 Å². The third-order valence-corrected chi connectivity index (χ3v) is 5.16. The van der Waals surface area contributed by atoms with Crippen molar-refractivity contribution in [2.75, 3.05) is 12.0 Å². The molecule has 0 fully saturated rings. The Morgan fingerprint density at radius 1 is 1.14 bits per heavy atom. The van der Waals surface area contributed by atoms with Crippen LogP contribution in [-0.2, 0) is 6.54 Å². The van der Waals surface area contributed by atoms with Crippen LogP contribution in [0.4, 0.5) is 10.5 Å². The predicted molar refractivity (Wildman–Crippen MR) is 117 cm³/mol. The molecule has 0 saturated carbocycles. The number of amides is 1. The first-order valence-corrected chi connectivity index (χ1v) is 9.82. The Bertz CT molecular complexity index is 1070. The zero-order chi connectivity index (χ0) is 21.1. The molecule has 0 spiro atoms. The molecule has 1 amide bonds. The third-order valence-electron chi connectivity index (χ3n) is 4.72. The number of nitrogens with zero attached hydrogens (tertiary/aromatic N) is 3. The molecule has 0 aliphatic carbocycles. The van der Waals surface area contributed by atoms with E-state index < -0.39 is 6.09 Å². The lowest BCUT2D eigenvalue weighted by molar-refractivity contribution is 0.201. The van der Waals surface area contributed by atoms with Crippen molar-refractivity contribution < 1.29 is 14.6 Å². The minimum absolute atomic E-state index is 0.126. The van der Waals surface area contributed by atoms with Gasteiger partial charge in [0.05, 0.1) is 19.3 Å². The van der Waals surface area contributed by atoms with Crippen LogP contribution < -0.4 is 9.64 Å². The van der Waals surface area contributed by atoms with Crippen LogP contribution in [0.25, 0.3) is 11.1 Å². The molecule has 0 unspecified atom stereocenters. The molecule has 0 aliphatic heterocycles. The molecular weight excluding hydrogens is 434 g/mol. The molecular formula is C22H22BrN3O3. The normalized spacial score (nSPS) is 10.7. The summed E-state index contributed by atoms with van der Waals surface area (Å²) < 4.78 is 6.18. The number of aryl methyl sites for hydroxylation is 2. The zero-order valence-corrected chi connectivity index (χ0v) is 18.3. The number of carboxylic acid groups (broad SMARTS) is 1. The maximum Gasteiger partial charge on any atom is 0.412 e. The van der Waals surface area contributed by atoms with E-state index in [1.165, 1.54) is 4.90 Å². The number of benzene rings is 1. The fourth-order valence-corrected chi connectivity index (χ4v) is 3.68. The van der Waals surface area contributed by atoms with Gasteiger partial charge in [-0.3, -0.25) is 9.88 Å². The van der Waals surface area contributed by atoms with Crippen molar-refractivity contribution in [3.8, 4) is 16.9 Å². The lowest BCUT2D eigenvalue weighted by atomic mass is 10.0. The Morgan fingerprint density at radius 2 is 1.90 bits per heavy atom. The first-order valence-electron chi connectivity index (χ1n) is 9.03. The number of halogens is 1. The molecule has 1 N–H and O–H groups in total. The highest BCUT2D eigenvalue weighted by Gasteiger charge is 2.20. The number of pyridine rings is 2. The SMILES string of the molecule is COc1c(C)cnc(CN(C(=O)O)c2cc(C)cc(-c3ccnc(Br)c3)c2)c1C. The number of rotatable bonds is 5. The second-order valence-corrected chi connectivity index (χ2v) is 7.65. The number of aromatic nitrogens is 2. The van der Waals surface area contributed by atoms with Gasteiger partial charge < -0.3 is 9.84 Å². The maximum absolute atomic E-state index is 12.1. The van der Waals surface area contributed by atoms with Gasteiger partial charge in [-0.05, 0) is 77.7 Å². The van der Waals surface area contributed by atoms with Crippen LogP contribution >= 0.6 is 15.9 Å². The summed E-state index contributed by atoms with van der Waals surface area (Å²) in [6.07, 6.45) is 2.37. The lowest BCUT2D eigenvalue weighted by Gasteiger charge is -2.22. The topological polar surface area (TPSA) is 75.5 Å². The largest absolute Gasteiger partial charge is 0.496 e. The molecule has 0 atom stereocenters. The Hall–Kier alpha value is -2.93. The van der Waals surface area contributed by atoms with Crippen LogP contribution in [0.3, 0.4) is 0 Å². The summed E-state index contributed by atoms with van der Waals surface area (Å²) >= 11 is 3.38. The Morgan fingerprint density at radius 3 is 2.55 bits per heavy atom. The Balaban J connectivity index is 2.04. The van der Waals surface area contributed by atoms with Crippen LogP contribution in [0, 0.1) is 20.8 Å². The van der Waals surface area contributed by atoms with Crippen molar-refractivity contribution in [2.45, 2.75) is 27.3 Å². The van der Waals surface area contributed by atoms with Crippen LogP contribution in [0.5, 0.6) is 5.75 Å². The van der Waals surface area contributed by atoms with Crippen molar-refractivity contribution in [1.82, 2.24) is 9.97 Å². The predicted octanol–water partition coefficient (Wildman–Crippen LogP) is 5.52. The van der Waals surface area contributed by atoms with E-state index in [2.05, 4.69) is 25.9 Å². The highest BCUT2D eigenvalue weighted by molar-refractivity contribution is 9.10. The molecule has 0 aliphatic rings. The third kappa shape index (κ3) is 4.56. The van der Waals surface area contributed by atoms with Gasteiger partial charge in [0.15, 0.2) is 0 Å². The number of carbonyl (C=O) groups is 1. The molecule has 0 radical (unpaired) electrons. The second kappa shape index (κ2) is 8.61. The smallest absolute Gasteiger partial charge is 0.412 e. The molecule has 6 nitrogen and oxygen atoms in total. The molecule has 1 aromatic carbocycles. The molecule has 3 aromatic rings. The van der Waals surface area contributed by atoms with E-state index in [0.29, 0.717) is 11.4 Å². The summed E-state index contributed by atoms with van der Waals surface area (Å²) in [5.74, 6) is 0.729. The molecule has 0 bridgehead atoms. The van der Waals surface area contributed by atoms with Crippen molar-refractivity contribution in [3.63, 3.8) is 0 Å². The first-order chi connectivity index (χ1) is 13.8. The van der Waals surface area contributed by atoms with E-state index in [4.69, 9.17) is 4.74 Å². The summed E-state index contributed by atoms with van der Waals surface area (Å²) in [5.41, 5.74) is 5.82. The van der Waals surface area contributed by atoms with Crippen molar-refractivity contribution in [3.05, 3.63) is 69.7 Å². The average Bonchev–Trinajstić information content (AvgIpc) is 2.67. The summed E-state index contributed by atoms with van der Waals surface area (Å²) in [7, 11) is 1.60. The van der Waals surface area contributed by atoms with Gasteiger partial charge >= 0.3 is 6.09 Å².